The molecule has 0 spiro atoms. The Morgan fingerprint density at radius 3 is 2.04 bits per heavy atom. The molecule has 0 heterocycles. The average molecular weight is 389 g/mol. The molecule has 1 rings (SSSR count). The number of nitrogens with one attached hydrogen (secondary N) is 1. The summed E-state index contributed by atoms with van der Waals surface area (Å²) in [5.74, 6) is 0.232. The zero-order chi connectivity index (χ0) is 20.6. The Morgan fingerprint density at radius 2 is 1.50 bits per heavy atom. The topological polar surface area (TPSA) is 93.5 Å². The molecule has 2 atom stereocenters. The summed E-state index contributed by atoms with van der Waals surface area (Å²) < 4.78 is 0. The zero-order valence-electron chi connectivity index (χ0n) is 17.8. The van der Waals surface area contributed by atoms with Gasteiger partial charge in [-0.05, 0) is 25.5 Å². The van der Waals surface area contributed by atoms with E-state index >= 15 is 0 Å². The molecule has 0 aliphatic heterocycles. The molecule has 0 bridgehead atoms. The van der Waals surface area contributed by atoms with Gasteiger partial charge in [0.05, 0.1) is 0 Å². The van der Waals surface area contributed by atoms with E-state index in [1.807, 2.05) is 25.1 Å². The molecule has 1 amide bonds. The van der Waals surface area contributed by atoms with Crippen molar-refractivity contribution in [1.82, 2.24) is 5.32 Å². The first-order valence-electron chi connectivity index (χ1n) is 11.0. The van der Waals surface area contributed by atoms with Crippen molar-refractivity contribution in [1.29, 1.82) is 0 Å². The van der Waals surface area contributed by atoms with Crippen molar-refractivity contribution in [3.63, 3.8) is 0 Å². The van der Waals surface area contributed by atoms with Gasteiger partial charge in [-0.25, -0.2) is 0 Å². The minimum absolute atomic E-state index is 0.181. The largest absolute Gasteiger partial charge is 0.386 e. The Labute approximate surface area is 171 Å². The number of nitrogens with zero attached hydrogens (tertiary/aromatic N) is 1. The molecule has 5 nitrogen and oxygen atoms in total. The molecular weight excluding hydrogens is 348 g/mol. The third-order valence-corrected chi connectivity index (χ3v) is 4.97. The first-order chi connectivity index (χ1) is 13.6. The standard InChI is InChI=1S/C23H40N4O/c1-3-4-5-6-7-8-9-10-11-15-18-26-22(25)21(19(2)24)27-23(28)20-16-13-12-14-17-20/h12-14,16-17,19,21H,3-11,15,18,24H2,1-2H3,(H2,25,26)(H,27,28). The van der Waals surface area contributed by atoms with Crippen LogP contribution in [0.1, 0.15) is 88.4 Å². The smallest absolute Gasteiger partial charge is 0.251 e. The van der Waals surface area contributed by atoms with Gasteiger partial charge in [-0.2, -0.15) is 0 Å². The van der Waals surface area contributed by atoms with Crippen LogP contribution in [0.15, 0.2) is 35.3 Å². The Morgan fingerprint density at radius 1 is 0.964 bits per heavy atom. The summed E-state index contributed by atoms with van der Waals surface area (Å²) in [6, 6.07) is 8.33. The van der Waals surface area contributed by atoms with Gasteiger partial charge >= 0.3 is 0 Å². The first-order valence-corrected chi connectivity index (χ1v) is 11.0. The van der Waals surface area contributed by atoms with Crippen LogP contribution in [0.25, 0.3) is 0 Å². The van der Waals surface area contributed by atoms with Crippen LogP contribution in [-0.2, 0) is 0 Å². The van der Waals surface area contributed by atoms with Gasteiger partial charge in [0.2, 0.25) is 0 Å². The van der Waals surface area contributed by atoms with Crippen molar-refractivity contribution < 1.29 is 4.79 Å². The number of carbonyl (C=O) groups excluding carboxylic acids is 1. The van der Waals surface area contributed by atoms with Gasteiger partial charge in [0.1, 0.15) is 11.9 Å². The maximum absolute atomic E-state index is 12.3. The number of aliphatic imine (C=N–C) groups is 1. The lowest BCUT2D eigenvalue weighted by Gasteiger charge is -2.22. The molecule has 2 unspecified atom stereocenters. The second-order valence-corrected chi connectivity index (χ2v) is 7.66. The molecule has 0 fully saturated rings. The van der Waals surface area contributed by atoms with E-state index in [1.54, 1.807) is 12.1 Å². The van der Waals surface area contributed by atoms with Crippen molar-refractivity contribution in [2.45, 2.75) is 90.1 Å². The molecule has 0 radical (unpaired) electrons. The van der Waals surface area contributed by atoms with Crippen LogP contribution in [0, 0.1) is 0 Å². The van der Waals surface area contributed by atoms with Gasteiger partial charge in [-0.1, -0.05) is 82.9 Å². The second-order valence-electron chi connectivity index (χ2n) is 7.66. The third-order valence-electron chi connectivity index (χ3n) is 4.97. The van der Waals surface area contributed by atoms with Crippen LogP contribution < -0.4 is 16.8 Å². The van der Waals surface area contributed by atoms with Gasteiger partial charge in [0.25, 0.3) is 5.91 Å². The van der Waals surface area contributed by atoms with E-state index in [2.05, 4.69) is 17.2 Å². The highest BCUT2D eigenvalue weighted by atomic mass is 16.1. The third kappa shape index (κ3) is 10.5. The maximum atomic E-state index is 12.3. The summed E-state index contributed by atoms with van der Waals surface area (Å²) in [5.41, 5.74) is 12.7. The van der Waals surface area contributed by atoms with Crippen LogP contribution in [0.2, 0.25) is 0 Å². The SMILES string of the molecule is CCCCCCCCCCCCN=C(N)C(NC(=O)c1ccccc1)C(C)N. The van der Waals surface area contributed by atoms with Crippen molar-refractivity contribution in [3.8, 4) is 0 Å². The molecule has 1 aromatic carbocycles. The zero-order valence-corrected chi connectivity index (χ0v) is 17.8. The molecule has 158 valence electrons. The number of rotatable bonds is 15. The van der Waals surface area contributed by atoms with Crippen LogP contribution in [0.4, 0.5) is 0 Å². The molecule has 0 aliphatic rings. The minimum Gasteiger partial charge on any atom is -0.386 e. The van der Waals surface area contributed by atoms with Crippen molar-refractivity contribution >= 4 is 11.7 Å². The maximum Gasteiger partial charge on any atom is 0.251 e. The number of benzene rings is 1. The Hall–Kier alpha value is -1.88. The van der Waals surface area contributed by atoms with Gasteiger partial charge in [-0.3, -0.25) is 9.79 Å². The number of amidine groups is 1. The van der Waals surface area contributed by atoms with Crippen molar-refractivity contribution in [3.05, 3.63) is 35.9 Å². The average Bonchev–Trinajstić information content (AvgIpc) is 2.70. The van der Waals surface area contributed by atoms with E-state index in [-0.39, 0.29) is 11.9 Å². The summed E-state index contributed by atoms with van der Waals surface area (Å²) in [7, 11) is 0. The van der Waals surface area contributed by atoms with Crippen LogP contribution in [0.5, 0.6) is 0 Å². The fourth-order valence-corrected chi connectivity index (χ4v) is 3.19. The normalized spacial score (nSPS) is 13.9. The van der Waals surface area contributed by atoms with E-state index in [9.17, 15) is 4.79 Å². The lowest BCUT2D eigenvalue weighted by molar-refractivity contribution is 0.0943. The predicted molar refractivity (Wildman–Crippen MR) is 120 cm³/mol. The Kier molecular flexibility index (Phi) is 13.0. The number of hydrogen-bond acceptors (Lipinski definition) is 3. The first kappa shape index (κ1) is 24.2. The monoisotopic (exact) mass is 388 g/mol. The van der Waals surface area contributed by atoms with Gasteiger partial charge < -0.3 is 16.8 Å². The molecule has 0 aromatic heterocycles. The lowest BCUT2D eigenvalue weighted by Crippen LogP contribution is -2.54. The molecular formula is C23H40N4O. The lowest BCUT2D eigenvalue weighted by atomic mass is 10.1. The van der Waals surface area contributed by atoms with E-state index < -0.39 is 6.04 Å². The van der Waals surface area contributed by atoms with E-state index in [0.717, 1.165) is 6.42 Å². The molecule has 5 heteroatoms. The molecule has 0 aliphatic carbocycles. The Bertz CT molecular complexity index is 557. The highest BCUT2D eigenvalue weighted by Gasteiger charge is 2.21. The van der Waals surface area contributed by atoms with E-state index in [4.69, 9.17) is 11.5 Å². The summed E-state index contributed by atoms with van der Waals surface area (Å²) in [4.78, 5) is 16.8. The summed E-state index contributed by atoms with van der Waals surface area (Å²) in [6.07, 6.45) is 12.9. The summed E-state index contributed by atoms with van der Waals surface area (Å²) in [6.45, 7) is 4.77. The van der Waals surface area contributed by atoms with Crippen molar-refractivity contribution in [2.24, 2.45) is 16.5 Å². The quantitative estimate of drug-likeness (QED) is 0.236. The summed E-state index contributed by atoms with van der Waals surface area (Å²) >= 11 is 0. The molecule has 1 aromatic rings. The van der Waals surface area contributed by atoms with Crippen LogP contribution in [0.3, 0.4) is 0 Å². The number of hydrogen-bond donors (Lipinski definition) is 3. The number of nitrogens with two attached hydrogens (primary N) is 2. The highest BCUT2D eigenvalue weighted by molar-refractivity contribution is 5.98. The number of unbranched alkanes of at least 4 members (excludes halogenated alkanes) is 9. The molecule has 0 saturated carbocycles. The molecule has 5 N–H and O–H groups in total. The number of carbonyl (C=O) groups is 1. The highest BCUT2D eigenvalue weighted by Crippen LogP contribution is 2.10. The van der Waals surface area contributed by atoms with Gasteiger partial charge in [0.15, 0.2) is 0 Å². The molecule has 0 saturated heterocycles. The van der Waals surface area contributed by atoms with Crippen LogP contribution in [-0.4, -0.2) is 30.4 Å². The van der Waals surface area contributed by atoms with E-state index in [0.29, 0.717) is 17.9 Å². The van der Waals surface area contributed by atoms with Crippen LogP contribution >= 0.6 is 0 Å². The van der Waals surface area contributed by atoms with Gasteiger partial charge in [-0.15, -0.1) is 0 Å². The minimum atomic E-state index is -0.448. The molecule has 28 heavy (non-hydrogen) atoms. The second kappa shape index (κ2) is 15.1. The van der Waals surface area contributed by atoms with Gasteiger partial charge in [0, 0.05) is 18.2 Å². The summed E-state index contributed by atoms with van der Waals surface area (Å²) in [5, 5.41) is 2.90. The van der Waals surface area contributed by atoms with Crippen molar-refractivity contribution in [2.75, 3.05) is 6.54 Å². The predicted octanol–water partition coefficient (Wildman–Crippen LogP) is 4.41. The fourth-order valence-electron chi connectivity index (χ4n) is 3.19. The van der Waals surface area contributed by atoms with E-state index in [1.165, 1.54) is 57.8 Å². The Balaban J connectivity index is 2.26. The number of amides is 1. The fraction of sp³-hybridized carbons (Fsp3) is 0.652.